The first-order valence-electron chi connectivity index (χ1n) is 7.10. The minimum atomic E-state index is -0.644. The molecule has 0 aliphatic heterocycles. The van der Waals surface area contributed by atoms with Gasteiger partial charge in [-0.15, -0.1) is 0 Å². The largest absolute Gasteiger partial charge is 0.481 e. The van der Waals surface area contributed by atoms with Gasteiger partial charge in [-0.1, -0.05) is 55.8 Å². The van der Waals surface area contributed by atoms with Crippen LogP contribution in [0.5, 0.6) is 0 Å². The molecule has 0 aromatic heterocycles. The molecule has 0 spiro atoms. The van der Waals surface area contributed by atoms with E-state index in [9.17, 15) is 9.90 Å². The van der Waals surface area contributed by atoms with E-state index in [1.54, 1.807) is 0 Å². The molecule has 1 N–H and O–H groups in total. The molecule has 2 rings (SSSR count). The van der Waals surface area contributed by atoms with Gasteiger partial charge in [-0.25, -0.2) is 0 Å². The Morgan fingerprint density at radius 1 is 1.16 bits per heavy atom. The van der Waals surface area contributed by atoms with Crippen molar-refractivity contribution in [3.8, 4) is 0 Å². The van der Waals surface area contributed by atoms with Crippen molar-refractivity contribution in [2.24, 2.45) is 5.41 Å². The Morgan fingerprint density at radius 3 is 2.37 bits per heavy atom. The molecule has 1 saturated carbocycles. The van der Waals surface area contributed by atoms with Crippen LogP contribution in [0.3, 0.4) is 0 Å². The van der Waals surface area contributed by atoms with Crippen molar-refractivity contribution in [3.05, 3.63) is 34.9 Å². The van der Waals surface area contributed by atoms with Crippen molar-refractivity contribution in [2.45, 2.75) is 51.4 Å². The summed E-state index contributed by atoms with van der Waals surface area (Å²) in [5.41, 5.74) is 0.445. The molecule has 3 heteroatoms. The molecule has 0 heterocycles. The standard InChI is InChI=1S/C16H21ClO2/c17-14-8-6-7-13(11-14)12-16(15(18)19)9-4-2-1-3-5-10-16/h6-8,11H,1-5,9-10,12H2,(H,18,19). The zero-order valence-electron chi connectivity index (χ0n) is 11.2. The van der Waals surface area contributed by atoms with E-state index in [4.69, 9.17) is 11.6 Å². The van der Waals surface area contributed by atoms with Gasteiger partial charge in [0.15, 0.2) is 0 Å². The fraction of sp³-hybridized carbons (Fsp3) is 0.562. The predicted octanol–water partition coefficient (Wildman–Crippen LogP) is 4.70. The van der Waals surface area contributed by atoms with E-state index in [1.165, 1.54) is 6.42 Å². The molecule has 0 radical (unpaired) electrons. The summed E-state index contributed by atoms with van der Waals surface area (Å²) in [5.74, 6) is -0.644. The van der Waals surface area contributed by atoms with E-state index < -0.39 is 11.4 Å². The molecule has 0 atom stereocenters. The number of halogens is 1. The van der Waals surface area contributed by atoms with E-state index in [-0.39, 0.29) is 0 Å². The molecule has 0 amide bonds. The number of benzene rings is 1. The topological polar surface area (TPSA) is 37.3 Å². The van der Waals surface area contributed by atoms with Gasteiger partial charge in [0.05, 0.1) is 5.41 Å². The summed E-state index contributed by atoms with van der Waals surface area (Å²) >= 11 is 6.00. The Hall–Kier alpha value is -1.02. The van der Waals surface area contributed by atoms with Gasteiger partial charge in [0, 0.05) is 5.02 Å². The Kier molecular flexibility index (Phi) is 4.87. The second-order valence-corrected chi connectivity index (χ2v) is 6.10. The number of hydrogen-bond donors (Lipinski definition) is 1. The molecular formula is C16H21ClO2. The zero-order chi connectivity index (χ0) is 13.7. The minimum absolute atomic E-state index is 0.592. The molecule has 1 aliphatic rings. The highest BCUT2D eigenvalue weighted by Crippen LogP contribution is 2.38. The van der Waals surface area contributed by atoms with Crippen molar-refractivity contribution in [1.29, 1.82) is 0 Å². The highest BCUT2D eigenvalue weighted by atomic mass is 35.5. The molecule has 1 aliphatic carbocycles. The minimum Gasteiger partial charge on any atom is -0.481 e. The van der Waals surface area contributed by atoms with E-state index in [0.717, 1.165) is 44.1 Å². The highest BCUT2D eigenvalue weighted by Gasteiger charge is 2.38. The lowest BCUT2D eigenvalue weighted by Crippen LogP contribution is -2.34. The van der Waals surface area contributed by atoms with Crippen molar-refractivity contribution in [1.82, 2.24) is 0 Å². The first kappa shape index (κ1) is 14.4. The highest BCUT2D eigenvalue weighted by molar-refractivity contribution is 6.30. The normalized spacial score (nSPS) is 19.4. The maximum absolute atomic E-state index is 11.8. The smallest absolute Gasteiger partial charge is 0.309 e. The summed E-state index contributed by atoms with van der Waals surface area (Å²) in [5, 5.41) is 10.4. The lowest BCUT2D eigenvalue weighted by atomic mass is 9.72. The number of rotatable bonds is 3. The van der Waals surface area contributed by atoms with Gasteiger partial charge in [0.2, 0.25) is 0 Å². The fourth-order valence-corrected chi connectivity index (χ4v) is 3.30. The van der Waals surface area contributed by atoms with Crippen molar-refractivity contribution < 1.29 is 9.90 Å². The van der Waals surface area contributed by atoms with E-state index in [2.05, 4.69) is 0 Å². The van der Waals surface area contributed by atoms with E-state index in [1.807, 2.05) is 24.3 Å². The van der Waals surface area contributed by atoms with Crippen LogP contribution in [0.15, 0.2) is 24.3 Å². The van der Waals surface area contributed by atoms with E-state index in [0.29, 0.717) is 11.4 Å². The second-order valence-electron chi connectivity index (χ2n) is 5.66. The second kappa shape index (κ2) is 6.42. The molecule has 104 valence electrons. The number of carboxylic acids is 1. The molecule has 1 aromatic rings. The third-order valence-corrected chi connectivity index (χ3v) is 4.43. The van der Waals surface area contributed by atoms with Crippen molar-refractivity contribution in [3.63, 3.8) is 0 Å². The maximum atomic E-state index is 11.8. The number of carboxylic acid groups (broad SMARTS) is 1. The molecular weight excluding hydrogens is 260 g/mol. The molecule has 19 heavy (non-hydrogen) atoms. The van der Waals surface area contributed by atoms with Crippen molar-refractivity contribution in [2.75, 3.05) is 0 Å². The Balaban J connectivity index is 2.20. The molecule has 0 saturated heterocycles. The SMILES string of the molecule is O=C(O)C1(Cc2cccc(Cl)c2)CCCCCCC1. The van der Waals surface area contributed by atoms with Gasteiger partial charge in [0.1, 0.15) is 0 Å². The molecule has 0 unspecified atom stereocenters. The zero-order valence-corrected chi connectivity index (χ0v) is 12.0. The third kappa shape index (κ3) is 3.73. The summed E-state index contributed by atoms with van der Waals surface area (Å²) in [7, 11) is 0. The Labute approximate surface area is 119 Å². The molecule has 0 bridgehead atoms. The number of carbonyl (C=O) groups is 1. The van der Waals surface area contributed by atoms with Gasteiger partial charge in [-0.3, -0.25) is 4.79 Å². The van der Waals surface area contributed by atoms with Gasteiger partial charge in [-0.05, 0) is 37.0 Å². The summed E-state index contributed by atoms with van der Waals surface area (Å²) in [6.07, 6.45) is 7.77. The van der Waals surface area contributed by atoms with Crippen LogP contribution >= 0.6 is 11.6 Å². The van der Waals surface area contributed by atoms with Gasteiger partial charge < -0.3 is 5.11 Å². The van der Waals surface area contributed by atoms with Gasteiger partial charge in [0.25, 0.3) is 0 Å². The van der Waals surface area contributed by atoms with Crippen LogP contribution < -0.4 is 0 Å². The lowest BCUT2D eigenvalue weighted by molar-refractivity contribution is -0.150. The maximum Gasteiger partial charge on any atom is 0.309 e. The monoisotopic (exact) mass is 280 g/mol. The first-order valence-corrected chi connectivity index (χ1v) is 7.48. The molecule has 1 aromatic carbocycles. The third-order valence-electron chi connectivity index (χ3n) is 4.20. The quantitative estimate of drug-likeness (QED) is 0.871. The van der Waals surface area contributed by atoms with Crippen LogP contribution in [0.1, 0.15) is 50.5 Å². The van der Waals surface area contributed by atoms with Gasteiger partial charge >= 0.3 is 5.97 Å². The summed E-state index contributed by atoms with van der Waals surface area (Å²) in [6.45, 7) is 0. The summed E-state index contributed by atoms with van der Waals surface area (Å²) < 4.78 is 0. The lowest BCUT2D eigenvalue weighted by Gasteiger charge is -2.31. The predicted molar refractivity (Wildman–Crippen MR) is 77.5 cm³/mol. The summed E-state index contributed by atoms with van der Waals surface area (Å²) in [4.78, 5) is 11.8. The van der Waals surface area contributed by atoms with Crippen LogP contribution in [0.2, 0.25) is 5.02 Å². The Morgan fingerprint density at radius 2 is 1.79 bits per heavy atom. The van der Waals surface area contributed by atoms with E-state index >= 15 is 0 Å². The summed E-state index contributed by atoms with van der Waals surface area (Å²) in [6, 6.07) is 7.60. The van der Waals surface area contributed by atoms with Crippen LogP contribution in [-0.2, 0) is 11.2 Å². The van der Waals surface area contributed by atoms with Crippen molar-refractivity contribution >= 4 is 17.6 Å². The number of hydrogen-bond acceptors (Lipinski definition) is 1. The van der Waals surface area contributed by atoms with Crippen LogP contribution in [0.4, 0.5) is 0 Å². The van der Waals surface area contributed by atoms with Crippen LogP contribution in [0.25, 0.3) is 0 Å². The number of aliphatic carboxylic acids is 1. The first-order chi connectivity index (χ1) is 9.12. The average molecular weight is 281 g/mol. The van der Waals surface area contributed by atoms with Gasteiger partial charge in [-0.2, -0.15) is 0 Å². The molecule has 1 fully saturated rings. The fourth-order valence-electron chi connectivity index (χ4n) is 3.09. The van der Waals surface area contributed by atoms with Crippen LogP contribution in [-0.4, -0.2) is 11.1 Å². The average Bonchev–Trinajstić information content (AvgIpc) is 2.32. The Bertz CT molecular complexity index is 434. The van der Waals surface area contributed by atoms with Crippen LogP contribution in [0, 0.1) is 5.41 Å². The molecule has 2 nitrogen and oxygen atoms in total.